The van der Waals surface area contributed by atoms with Gasteiger partial charge in [0, 0.05) is 13.1 Å². The highest BCUT2D eigenvalue weighted by molar-refractivity contribution is 5.88. The highest BCUT2D eigenvalue weighted by atomic mass is 19.4. The lowest BCUT2D eigenvalue weighted by Gasteiger charge is -2.09. The van der Waals surface area contributed by atoms with Gasteiger partial charge in [-0.3, -0.25) is 4.79 Å². The van der Waals surface area contributed by atoms with Gasteiger partial charge in [0.1, 0.15) is 5.75 Å². The fourth-order valence-electron chi connectivity index (χ4n) is 3.53. The number of alkyl halides is 3. The topological polar surface area (TPSA) is 64.6 Å². The van der Waals surface area contributed by atoms with Gasteiger partial charge in [0.15, 0.2) is 0 Å². The number of nitrogens with one attached hydrogen (secondary N) is 1. The van der Waals surface area contributed by atoms with Crippen LogP contribution in [0.5, 0.6) is 5.75 Å². The van der Waals surface area contributed by atoms with E-state index in [1.54, 1.807) is 0 Å². The first kappa shape index (κ1) is 28.4. The Morgan fingerprint density at radius 3 is 2.17 bits per heavy atom. The van der Waals surface area contributed by atoms with Crippen LogP contribution in [0.2, 0.25) is 0 Å². The molecule has 35 heavy (non-hydrogen) atoms. The molecular formula is C27H34F3NO4. The van der Waals surface area contributed by atoms with Crippen molar-refractivity contribution in [3.05, 3.63) is 65.7 Å². The first-order chi connectivity index (χ1) is 16.8. The zero-order valence-electron chi connectivity index (χ0n) is 19.9. The van der Waals surface area contributed by atoms with Crippen molar-refractivity contribution in [1.29, 1.82) is 0 Å². The minimum Gasteiger partial charge on any atom is -0.494 e. The Morgan fingerprint density at radius 2 is 1.46 bits per heavy atom. The van der Waals surface area contributed by atoms with E-state index in [9.17, 15) is 22.8 Å². The molecule has 5 nitrogen and oxygen atoms in total. The molecule has 0 amide bonds. The van der Waals surface area contributed by atoms with Gasteiger partial charge < -0.3 is 14.8 Å². The van der Waals surface area contributed by atoms with E-state index in [0.29, 0.717) is 13.2 Å². The minimum atomic E-state index is -5.17. The molecule has 0 unspecified atom stereocenters. The third-order valence-corrected chi connectivity index (χ3v) is 5.39. The summed E-state index contributed by atoms with van der Waals surface area (Å²) < 4.78 is 45.7. The van der Waals surface area contributed by atoms with Crippen molar-refractivity contribution in [3.8, 4) is 5.75 Å². The third-order valence-electron chi connectivity index (χ3n) is 5.39. The van der Waals surface area contributed by atoms with Crippen molar-refractivity contribution in [1.82, 2.24) is 5.32 Å². The molecule has 192 valence electrons. The molecule has 0 saturated carbocycles. The Morgan fingerprint density at radius 1 is 0.800 bits per heavy atom. The maximum absolute atomic E-state index is 12.1. The summed E-state index contributed by atoms with van der Waals surface area (Å²) in [6, 6.07) is 18.1. The van der Waals surface area contributed by atoms with Crippen molar-refractivity contribution >= 4 is 11.9 Å². The fourth-order valence-corrected chi connectivity index (χ4v) is 3.53. The third kappa shape index (κ3) is 13.0. The van der Waals surface area contributed by atoms with Crippen molar-refractivity contribution < 1.29 is 32.2 Å². The number of aryl methyl sites for hydroxylation is 1. The second-order valence-electron chi connectivity index (χ2n) is 8.39. The van der Waals surface area contributed by atoms with Gasteiger partial charge in [-0.2, -0.15) is 13.2 Å². The molecule has 1 N–H and O–H groups in total. The summed E-state index contributed by atoms with van der Waals surface area (Å²) >= 11 is 0. The number of benzene rings is 2. The van der Waals surface area contributed by atoms with Crippen LogP contribution in [0.25, 0.3) is 0 Å². The number of ether oxygens (including phenoxy) is 2. The van der Waals surface area contributed by atoms with Gasteiger partial charge in [-0.1, -0.05) is 74.6 Å². The average molecular weight is 494 g/mol. The molecule has 0 atom stereocenters. The van der Waals surface area contributed by atoms with Gasteiger partial charge in [0.25, 0.3) is 0 Å². The molecule has 2 aromatic rings. The Bertz CT molecular complexity index is 887. The molecule has 2 aromatic carbocycles. The highest BCUT2D eigenvalue weighted by Gasteiger charge is 2.42. The van der Waals surface area contributed by atoms with Crippen molar-refractivity contribution in [3.63, 3.8) is 0 Å². The SMILES string of the molecule is O=C(CCNCc1cccc(OCCCCCCCCCc2ccccc2)c1)OC(=O)C(F)(F)F. The van der Waals surface area contributed by atoms with Crippen LogP contribution in [0.1, 0.15) is 62.5 Å². The van der Waals surface area contributed by atoms with E-state index in [1.165, 1.54) is 37.7 Å². The van der Waals surface area contributed by atoms with Crippen LogP contribution >= 0.6 is 0 Å². The van der Waals surface area contributed by atoms with E-state index >= 15 is 0 Å². The Kier molecular flexibility index (Phi) is 12.9. The molecule has 0 bridgehead atoms. The summed E-state index contributed by atoms with van der Waals surface area (Å²) in [5.41, 5.74) is 2.32. The summed E-state index contributed by atoms with van der Waals surface area (Å²) in [6.07, 6.45) is 3.97. The fraction of sp³-hybridized carbons (Fsp3) is 0.481. The van der Waals surface area contributed by atoms with Gasteiger partial charge in [-0.15, -0.1) is 0 Å². The molecule has 0 saturated heterocycles. The lowest BCUT2D eigenvalue weighted by atomic mass is 10.0. The second kappa shape index (κ2) is 15.9. The van der Waals surface area contributed by atoms with Gasteiger partial charge in [-0.25, -0.2) is 4.79 Å². The Hall–Kier alpha value is -2.87. The number of halogens is 3. The lowest BCUT2D eigenvalue weighted by Crippen LogP contribution is -2.29. The number of esters is 2. The summed E-state index contributed by atoms with van der Waals surface area (Å²) in [6.45, 7) is 1.13. The van der Waals surface area contributed by atoms with Crippen molar-refractivity contribution in [2.45, 2.75) is 70.5 Å². The number of rotatable bonds is 16. The number of carbonyl (C=O) groups is 2. The Balaban J connectivity index is 1.48. The van der Waals surface area contributed by atoms with E-state index in [0.717, 1.165) is 30.6 Å². The number of unbranched alkanes of at least 4 members (excludes halogenated alkanes) is 6. The number of hydrogen-bond donors (Lipinski definition) is 1. The van der Waals surface area contributed by atoms with Crippen LogP contribution in [0.15, 0.2) is 54.6 Å². The molecule has 0 spiro atoms. The predicted octanol–water partition coefficient (Wildman–Crippen LogP) is 6.15. The molecule has 8 heteroatoms. The van der Waals surface area contributed by atoms with Gasteiger partial charge >= 0.3 is 18.1 Å². The van der Waals surface area contributed by atoms with E-state index < -0.39 is 18.1 Å². The molecule has 0 aromatic heterocycles. The molecular weight excluding hydrogens is 459 g/mol. The van der Waals surface area contributed by atoms with Crippen LogP contribution in [0.4, 0.5) is 13.2 Å². The van der Waals surface area contributed by atoms with E-state index in [-0.39, 0.29) is 13.0 Å². The van der Waals surface area contributed by atoms with E-state index in [1.807, 2.05) is 30.3 Å². The first-order valence-electron chi connectivity index (χ1n) is 12.1. The molecule has 0 aliphatic heterocycles. The zero-order valence-corrected chi connectivity index (χ0v) is 19.9. The average Bonchev–Trinajstić information content (AvgIpc) is 2.83. The number of hydrogen-bond acceptors (Lipinski definition) is 5. The molecule has 0 aliphatic carbocycles. The summed E-state index contributed by atoms with van der Waals surface area (Å²) in [5, 5.41) is 2.94. The summed E-state index contributed by atoms with van der Waals surface area (Å²) in [7, 11) is 0. The summed E-state index contributed by atoms with van der Waals surface area (Å²) in [4.78, 5) is 21.9. The molecule has 0 radical (unpaired) electrons. The van der Waals surface area contributed by atoms with Crippen LogP contribution in [0.3, 0.4) is 0 Å². The maximum atomic E-state index is 12.1. The van der Waals surface area contributed by atoms with Crippen LogP contribution in [-0.4, -0.2) is 31.3 Å². The van der Waals surface area contributed by atoms with Crippen LogP contribution in [-0.2, 0) is 27.3 Å². The largest absolute Gasteiger partial charge is 0.494 e. The highest BCUT2D eigenvalue weighted by Crippen LogP contribution is 2.17. The summed E-state index contributed by atoms with van der Waals surface area (Å²) in [5.74, 6) is -2.96. The Labute approximate surface area is 205 Å². The van der Waals surface area contributed by atoms with Gasteiger partial charge in [-0.05, 0) is 42.5 Å². The predicted molar refractivity (Wildman–Crippen MR) is 128 cm³/mol. The smallest absolute Gasteiger partial charge is 0.491 e. The maximum Gasteiger partial charge on any atom is 0.491 e. The monoisotopic (exact) mass is 493 g/mol. The first-order valence-corrected chi connectivity index (χ1v) is 12.1. The normalized spacial score (nSPS) is 11.3. The zero-order chi connectivity index (χ0) is 25.4. The molecule has 0 fully saturated rings. The van der Waals surface area contributed by atoms with E-state index in [2.05, 4.69) is 34.3 Å². The second-order valence-corrected chi connectivity index (χ2v) is 8.39. The molecule has 2 rings (SSSR count). The lowest BCUT2D eigenvalue weighted by molar-refractivity contribution is -0.201. The van der Waals surface area contributed by atoms with Gasteiger partial charge in [0.05, 0.1) is 13.0 Å². The molecule has 0 aliphatic rings. The minimum absolute atomic E-state index is 0.0846. The van der Waals surface area contributed by atoms with Crippen LogP contribution < -0.4 is 10.1 Å². The quantitative estimate of drug-likeness (QED) is 0.173. The van der Waals surface area contributed by atoms with Crippen molar-refractivity contribution in [2.75, 3.05) is 13.2 Å². The van der Waals surface area contributed by atoms with Gasteiger partial charge in [0.2, 0.25) is 0 Å². The standard InChI is InChI=1S/C27H34F3NO4/c28-27(29,30)26(33)35-25(32)17-18-31-21-23-15-11-16-24(20-23)34-19-10-5-3-1-2-4-7-12-22-13-8-6-9-14-22/h6,8-9,11,13-16,20,31H,1-5,7,10,12,17-19,21H2. The molecule has 0 heterocycles. The van der Waals surface area contributed by atoms with E-state index in [4.69, 9.17) is 4.74 Å². The number of carbonyl (C=O) groups excluding carboxylic acids is 2. The van der Waals surface area contributed by atoms with Crippen molar-refractivity contribution in [2.24, 2.45) is 0 Å². The van der Waals surface area contributed by atoms with Crippen LogP contribution in [0, 0.1) is 0 Å².